The highest BCUT2D eigenvalue weighted by atomic mass is 35.5. The SMILES string of the molecule is N#Cc1ccc(S(=O)(=O)Nc2ccc(O)cc2F)cc1Cl. The molecule has 0 aliphatic rings. The van der Waals surface area contributed by atoms with Gasteiger partial charge in [0.05, 0.1) is 21.2 Å². The summed E-state index contributed by atoms with van der Waals surface area (Å²) in [5.41, 5.74) is -0.181. The van der Waals surface area contributed by atoms with Crippen LogP contribution < -0.4 is 4.72 Å². The average Bonchev–Trinajstić information content (AvgIpc) is 2.42. The summed E-state index contributed by atoms with van der Waals surface area (Å²) in [5, 5.41) is 17.8. The van der Waals surface area contributed by atoms with Gasteiger partial charge < -0.3 is 5.11 Å². The number of hydrogen-bond acceptors (Lipinski definition) is 4. The number of nitrogens with one attached hydrogen (secondary N) is 1. The Labute approximate surface area is 125 Å². The van der Waals surface area contributed by atoms with Crippen LogP contribution in [0.3, 0.4) is 0 Å². The fourth-order valence-corrected chi connectivity index (χ4v) is 2.92. The first-order chi connectivity index (χ1) is 9.83. The normalized spacial score (nSPS) is 10.9. The Hall–Kier alpha value is -2.30. The van der Waals surface area contributed by atoms with Crippen LogP contribution in [-0.2, 0) is 10.0 Å². The first kappa shape index (κ1) is 15.1. The van der Waals surface area contributed by atoms with Crippen LogP contribution in [0.2, 0.25) is 5.02 Å². The van der Waals surface area contributed by atoms with Crippen LogP contribution in [0.25, 0.3) is 0 Å². The minimum Gasteiger partial charge on any atom is -0.508 e. The number of halogens is 2. The molecule has 108 valence electrons. The minimum atomic E-state index is -4.06. The largest absolute Gasteiger partial charge is 0.508 e. The molecule has 0 radical (unpaired) electrons. The highest BCUT2D eigenvalue weighted by Gasteiger charge is 2.18. The third kappa shape index (κ3) is 3.24. The van der Waals surface area contributed by atoms with Crippen LogP contribution in [-0.4, -0.2) is 13.5 Å². The lowest BCUT2D eigenvalue weighted by Crippen LogP contribution is -2.14. The second kappa shape index (κ2) is 5.60. The number of hydrogen-bond donors (Lipinski definition) is 2. The van der Waals surface area contributed by atoms with E-state index in [9.17, 15) is 12.8 Å². The summed E-state index contributed by atoms with van der Waals surface area (Å²) >= 11 is 5.77. The molecular formula is C13H8ClFN2O3S. The molecule has 0 saturated heterocycles. The van der Waals surface area contributed by atoms with Crippen LogP contribution >= 0.6 is 11.6 Å². The van der Waals surface area contributed by atoms with Crippen molar-refractivity contribution in [1.29, 1.82) is 5.26 Å². The van der Waals surface area contributed by atoms with E-state index in [0.717, 1.165) is 24.3 Å². The van der Waals surface area contributed by atoms with Gasteiger partial charge >= 0.3 is 0 Å². The zero-order chi connectivity index (χ0) is 15.6. The van der Waals surface area contributed by atoms with E-state index in [1.165, 1.54) is 12.1 Å². The van der Waals surface area contributed by atoms with Gasteiger partial charge in [0.25, 0.3) is 10.0 Å². The van der Waals surface area contributed by atoms with Gasteiger partial charge in [-0.1, -0.05) is 11.6 Å². The van der Waals surface area contributed by atoms with Crippen molar-refractivity contribution in [3.63, 3.8) is 0 Å². The van der Waals surface area contributed by atoms with Gasteiger partial charge in [0.15, 0.2) is 5.82 Å². The number of anilines is 1. The van der Waals surface area contributed by atoms with E-state index < -0.39 is 15.8 Å². The third-order valence-corrected chi connectivity index (χ3v) is 4.24. The topological polar surface area (TPSA) is 90.2 Å². The molecule has 0 saturated carbocycles. The number of nitriles is 1. The summed E-state index contributed by atoms with van der Waals surface area (Å²) in [7, 11) is -4.06. The number of sulfonamides is 1. The van der Waals surface area contributed by atoms with E-state index in [2.05, 4.69) is 0 Å². The van der Waals surface area contributed by atoms with E-state index >= 15 is 0 Å². The maximum Gasteiger partial charge on any atom is 0.262 e. The van der Waals surface area contributed by atoms with Crippen molar-refractivity contribution in [2.75, 3.05) is 4.72 Å². The van der Waals surface area contributed by atoms with Gasteiger partial charge in [0, 0.05) is 6.07 Å². The molecule has 2 aromatic carbocycles. The van der Waals surface area contributed by atoms with Gasteiger partial charge in [-0.05, 0) is 30.3 Å². The predicted molar refractivity (Wildman–Crippen MR) is 75.0 cm³/mol. The van der Waals surface area contributed by atoms with E-state index in [0.29, 0.717) is 0 Å². The molecule has 0 aliphatic carbocycles. The van der Waals surface area contributed by atoms with Crippen molar-refractivity contribution < 1.29 is 17.9 Å². The molecule has 21 heavy (non-hydrogen) atoms. The molecule has 0 unspecified atom stereocenters. The maximum atomic E-state index is 13.5. The second-order valence-corrected chi connectivity index (χ2v) is 6.11. The molecule has 2 rings (SSSR count). The van der Waals surface area contributed by atoms with E-state index in [-0.39, 0.29) is 26.9 Å². The highest BCUT2D eigenvalue weighted by molar-refractivity contribution is 7.92. The van der Waals surface area contributed by atoms with Crippen LogP contribution in [0.5, 0.6) is 5.75 Å². The summed E-state index contributed by atoms with van der Waals surface area (Å²) in [5.74, 6) is -1.24. The molecule has 0 fully saturated rings. The Morgan fingerprint density at radius 3 is 2.52 bits per heavy atom. The van der Waals surface area contributed by atoms with Crippen molar-refractivity contribution in [2.45, 2.75) is 4.90 Å². The second-order valence-electron chi connectivity index (χ2n) is 4.02. The monoisotopic (exact) mass is 326 g/mol. The lowest BCUT2D eigenvalue weighted by atomic mass is 10.2. The highest BCUT2D eigenvalue weighted by Crippen LogP contribution is 2.25. The molecule has 0 aromatic heterocycles. The Kier molecular flexibility index (Phi) is 4.02. The van der Waals surface area contributed by atoms with E-state index in [1.54, 1.807) is 6.07 Å². The van der Waals surface area contributed by atoms with Crippen LogP contribution in [0.15, 0.2) is 41.3 Å². The van der Waals surface area contributed by atoms with E-state index in [1.807, 2.05) is 4.72 Å². The predicted octanol–water partition coefficient (Wildman–Crippen LogP) is 2.86. The minimum absolute atomic E-state index is 0.0217. The van der Waals surface area contributed by atoms with Crippen molar-refractivity contribution in [3.8, 4) is 11.8 Å². The Morgan fingerprint density at radius 2 is 1.95 bits per heavy atom. The molecule has 0 amide bonds. The van der Waals surface area contributed by atoms with Crippen molar-refractivity contribution in [3.05, 3.63) is 52.8 Å². The summed E-state index contributed by atoms with van der Waals surface area (Å²) in [6, 6.07) is 8.36. The zero-order valence-electron chi connectivity index (χ0n) is 10.3. The number of nitrogens with zero attached hydrogens (tertiary/aromatic N) is 1. The standard InChI is InChI=1S/C13H8ClFN2O3S/c14-11-6-10(3-1-8(11)7-16)21(19,20)17-13-4-2-9(18)5-12(13)15/h1-6,17-18H. The van der Waals surface area contributed by atoms with E-state index in [4.69, 9.17) is 22.0 Å². The van der Waals surface area contributed by atoms with Gasteiger partial charge in [-0.25, -0.2) is 12.8 Å². The number of phenolic OH excluding ortho intramolecular Hbond substituents is 1. The first-order valence-electron chi connectivity index (χ1n) is 5.54. The van der Waals surface area contributed by atoms with Gasteiger partial charge in [0.2, 0.25) is 0 Å². The Morgan fingerprint density at radius 1 is 1.24 bits per heavy atom. The maximum absolute atomic E-state index is 13.5. The molecule has 0 atom stereocenters. The molecular weight excluding hydrogens is 319 g/mol. The third-order valence-electron chi connectivity index (χ3n) is 2.57. The molecule has 0 aliphatic heterocycles. The van der Waals surface area contributed by atoms with Crippen LogP contribution in [0.1, 0.15) is 5.56 Å². The zero-order valence-corrected chi connectivity index (χ0v) is 11.9. The molecule has 2 aromatic rings. The lowest BCUT2D eigenvalue weighted by molar-refractivity contribution is 0.469. The molecule has 0 heterocycles. The van der Waals surface area contributed by atoms with Crippen LogP contribution in [0.4, 0.5) is 10.1 Å². The fraction of sp³-hybridized carbons (Fsp3) is 0. The molecule has 0 bridgehead atoms. The summed E-state index contributed by atoms with van der Waals surface area (Å²) in [6.45, 7) is 0. The molecule has 2 N–H and O–H groups in total. The molecule has 5 nitrogen and oxygen atoms in total. The summed E-state index contributed by atoms with van der Waals surface area (Å²) < 4.78 is 39.8. The number of phenols is 1. The number of benzene rings is 2. The fourth-order valence-electron chi connectivity index (χ4n) is 1.54. The van der Waals surface area contributed by atoms with Gasteiger partial charge in [-0.3, -0.25) is 4.72 Å². The lowest BCUT2D eigenvalue weighted by Gasteiger charge is -2.09. The number of rotatable bonds is 3. The molecule has 8 heteroatoms. The number of aromatic hydroxyl groups is 1. The molecule has 0 spiro atoms. The van der Waals surface area contributed by atoms with Crippen molar-refractivity contribution in [2.24, 2.45) is 0 Å². The van der Waals surface area contributed by atoms with Crippen molar-refractivity contribution >= 4 is 27.3 Å². The summed E-state index contributed by atoms with van der Waals surface area (Å²) in [6.07, 6.45) is 0. The quantitative estimate of drug-likeness (QED) is 0.849. The average molecular weight is 327 g/mol. The van der Waals surface area contributed by atoms with Gasteiger partial charge in [-0.15, -0.1) is 0 Å². The van der Waals surface area contributed by atoms with Gasteiger partial charge in [-0.2, -0.15) is 5.26 Å². The Balaban J connectivity index is 2.39. The first-order valence-corrected chi connectivity index (χ1v) is 7.40. The smallest absolute Gasteiger partial charge is 0.262 e. The Bertz CT molecular complexity index is 847. The van der Waals surface area contributed by atoms with Crippen molar-refractivity contribution in [1.82, 2.24) is 0 Å². The summed E-state index contributed by atoms with van der Waals surface area (Å²) in [4.78, 5) is -0.209. The van der Waals surface area contributed by atoms with Gasteiger partial charge in [0.1, 0.15) is 11.8 Å². The van der Waals surface area contributed by atoms with Crippen LogP contribution in [0, 0.1) is 17.1 Å².